The Morgan fingerprint density at radius 2 is 2.00 bits per heavy atom. The van der Waals surface area contributed by atoms with Crippen LogP contribution in [0.5, 0.6) is 5.75 Å². The SMILES string of the molecule is Cc1nc(N)c(COc2ccccc2)c[n+]1C. The van der Waals surface area contributed by atoms with E-state index >= 15 is 0 Å². The summed E-state index contributed by atoms with van der Waals surface area (Å²) in [5, 5.41) is 0. The number of para-hydroxylation sites is 1. The first-order valence-corrected chi connectivity index (χ1v) is 5.46. The summed E-state index contributed by atoms with van der Waals surface area (Å²) < 4.78 is 7.57. The fraction of sp³-hybridized carbons (Fsp3) is 0.231. The van der Waals surface area contributed by atoms with Gasteiger partial charge in [-0.15, -0.1) is 0 Å². The molecule has 4 nitrogen and oxygen atoms in total. The maximum atomic E-state index is 5.85. The van der Waals surface area contributed by atoms with Gasteiger partial charge in [-0.25, -0.2) is 4.57 Å². The number of nitrogens with two attached hydrogens (primary N) is 1. The van der Waals surface area contributed by atoms with Gasteiger partial charge in [-0.3, -0.25) is 0 Å². The maximum Gasteiger partial charge on any atom is 0.297 e. The molecule has 1 heterocycles. The quantitative estimate of drug-likeness (QED) is 0.810. The fourth-order valence-electron chi connectivity index (χ4n) is 1.51. The molecule has 0 radical (unpaired) electrons. The van der Waals surface area contributed by atoms with E-state index in [1.165, 1.54) is 0 Å². The molecule has 0 fully saturated rings. The highest BCUT2D eigenvalue weighted by Crippen LogP contribution is 2.13. The van der Waals surface area contributed by atoms with Gasteiger partial charge in [0.05, 0.1) is 12.6 Å². The zero-order valence-corrected chi connectivity index (χ0v) is 10.1. The lowest BCUT2D eigenvalue weighted by Crippen LogP contribution is -2.34. The number of hydrogen-bond acceptors (Lipinski definition) is 3. The van der Waals surface area contributed by atoms with Crippen LogP contribution in [0.2, 0.25) is 0 Å². The molecule has 0 spiro atoms. The smallest absolute Gasteiger partial charge is 0.297 e. The summed E-state index contributed by atoms with van der Waals surface area (Å²) in [6.45, 7) is 2.34. The van der Waals surface area contributed by atoms with Crippen molar-refractivity contribution < 1.29 is 9.30 Å². The maximum absolute atomic E-state index is 5.85. The monoisotopic (exact) mass is 230 g/mol. The van der Waals surface area contributed by atoms with Gasteiger partial charge in [-0.1, -0.05) is 18.2 Å². The van der Waals surface area contributed by atoms with Gasteiger partial charge in [-0.2, -0.15) is 0 Å². The van der Waals surface area contributed by atoms with E-state index in [1.54, 1.807) is 0 Å². The molecule has 2 N–H and O–H groups in total. The highest BCUT2D eigenvalue weighted by atomic mass is 16.5. The van der Waals surface area contributed by atoms with Crippen molar-refractivity contribution in [2.45, 2.75) is 13.5 Å². The number of ether oxygens (including phenoxy) is 1. The number of benzene rings is 1. The zero-order chi connectivity index (χ0) is 12.3. The van der Waals surface area contributed by atoms with Crippen molar-refractivity contribution in [2.75, 3.05) is 5.73 Å². The van der Waals surface area contributed by atoms with Crippen molar-refractivity contribution in [3.63, 3.8) is 0 Å². The van der Waals surface area contributed by atoms with E-state index in [4.69, 9.17) is 10.5 Å². The molecular weight excluding hydrogens is 214 g/mol. The third-order valence-electron chi connectivity index (χ3n) is 2.61. The lowest BCUT2D eigenvalue weighted by molar-refractivity contribution is -0.681. The molecule has 0 aliphatic heterocycles. The van der Waals surface area contributed by atoms with Crippen molar-refractivity contribution in [1.29, 1.82) is 0 Å². The van der Waals surface area contributed by atoms with E-state index in [1.807, 2.05) is 55.1 Å². The molecule has 1 aromatic carbocycles. The van der Waals surface area contributed by atoms with E-state index in [-0.39, 0.29) is 0 Å². The lowest BCUT2D eigenvalue weighted by atomic mass is 10.3. The number of aryl methyl sites for hydroxylation is 2. The summed E-state index contributed by atoms with van der Waals surface area (Å²) in [6, 6.07) is 9.66. The van der Waals surface area contributed by atoms with Crippen molar-refractivity contribution in [3.8, 4) is 5.75 Å². The lowest BCUT2D eigenvalue weighted by Gasteiger charge is -2.06. The second-order valence-electron chi connectivity index (χ2n) is 3.91. The molecule has 0 amide bonds. The fourth-order valence-corrected chi connectivity index (χ4v) is 1.51. The number of anilines is 1. The molecule has 0 unspecified atom stereocenters. The van der Waals surface area contributed by atoms with Crippen LogP contribution in [0.1, 0.15) is 11.4 Å². The summed E-state index contributed by atoms with van der Waals surface area (Å²) in [5.74, 6) is 2.23. The number of nitrogen functional groups attached to an aromatic ring is 1. The molecule has 0 atom stereocenters. The predicted octanol–water partition coefficient (Wildman–Crippen LogP) is 1.38. The van der Waals surface area contributed by atoms with Gasteiger partial charge >= 0.3 is 0 Å². The van der Waals surface area contributed by atoms with Gasteiger partial charge in [0, 0.05) is 6.92 Å². The first-order valence-electron chi connectivity index (χ1n) is 5.46. The van der Waals surface area contributed by atoms with E-state index in [0.717, 1.165) is 17.1 Å². The van der Waals surface area contributed by atoms with Gasteiger partial charge < -0.3 is 10.5 Å². The van der Waals surface area contributed by atoms with E-state index in [9.17, 15) is 0 Å². The van der Waals surface area contributed by atoms with E-state index in [0.29, 0.717) is 12.4 Å². The molecule has 4 heteroatoms. The molecule has 2 rings (SSSR count). The summed E-state index contributed by atoms with van der Waals surface area (Å²) in [5.41, 5.74) is 6.74. The van der Waals surface area contributed by atoms with Crippen molar-refractivity contribution in [3.05, 3.63) is 47.9 Å². The van der Waals surface area contributed by atoms with Crippen LogP contribution >= 0.6 is 0 Å². The standard InChI is InChI=1S/C13H15N3O/c1-10-15-13(14)11(8-16(10)2)9-17-12-6-4-3-5-7-12/h3-8,14H,9H2,1-2H3/p+1. The zero-order valence-electron chi connectivity index (χ0n) is 10.1. The Kier molecular flexibility index (Phi) is 3.23. The number of hydrogen-bond donors (Lipinski definition) is 1. The average Bonchev–Trinajstić information content (AvgIpc) is 2.33. The molecule has 0 bridgehead atoms. The van der Waals surface area contributed by atoms with Gasteiger partial charge in [0.15, 0.2) is 0 Å². The van der Waals surface area contributed by atoms with Crippen molar-refractivity contribution in [1.82, 2.24) is 4.98 Å². The molecule has 0 aliphatic rings. The number of nitrogens with zero attached hydrogens (tertiary/aromatic N) is 2. The molecule has 0 saturated carbocycles. The average molecular weight is 230 g/mol. The summed E-state index contributed by atoms with van der Waals surface area (Å²) in [4.78, 5) is 4.25. The van der Waals surface area contributed by atoms with E-state index in [2.05, 4.69) is 4.98 Å². The Morgan fingerprint density at radius 1 is 1.29 bits per heavy atom. The Balaban J connectivity index is 2.12. The van der Waals surface area contributed by atoms with Crippen LogP contribution in [0.4, 0.5) is 5.82 Å². The highest BCUT2D eigenvalue weighted by molar-refractivity contribution is 5.36. The minimum absolute atomic E-state index is 0.428. The van der Waals surface area contributed by atoms with Crippen LogP contribution in [0.3, 0.4) is 0 Å². The minimum Gasteiger partial charge on any atom is -0.489 e. The van der Waals surface area contributed by atoms with E-state index < -0.39 is 0 Å². The van der Waals surface area contributed by atoms with Gasteiger partial charge in [-0.05, 0) is 17.1 Å². The van der Waals surface area contributed by atoms with Gasteiger partial charge in [0.1, 0.15) is 18.6 Å². The normalized spacial score (nSPS) is 10.2. The predicted molar refractivity (Wildman–Crippen MR) is 65.3 cm³/mol. The van der Waals surface area contributed by atoms with Gasteiger partial charge in [0.25, 0.3) is 5.82 Å². The summed E-state index contributed by atoms with van der Waals surface area (Å²) in [7, 11) is 1.94. The van der Waals surface area contributed by atoms with Crippen molar-refractivity contribution in [2.24, 2.45) is 7.05 Å². The second-order valence-corrected chi connectivity index (χ2v) is 3.91. The molecule has 0 saturated heterocycles. The van der Waals surface area contributed by atoms with Gasteiger partial charge in [0.2, 0.25) is 5.82 Å². The minimum atomic E-state index is 0.428. The molecule has 17 heavy (non-hydrogen) atoms. The third kappa shape index (κ3) is 2.72. The Hall–Kier alpha value is -2.10. The van der Waals surface area contributed by atoms with Crippen LogP contribution in [0, 0.1) is 6.92 Å². The first kappa shape index (κ1) is 11.4. The Bertz CT molecular complexity index is 512. The Morgan fingerprint density at radius 3 is 2.71 bits per heavy atom. The highest BCUT2D eigenvalue weighted by Gasteiger charge is 2.12. The number of aromatic nitrogens is 2. The van der Waals surface area contributed by atoms with Crippen LogP contribution in [-0.2, 0) is 13.7 Å². The van der Waals surface area contributed by atoms with Crippen molar-refractivity contribution >= 4 is 5.82 Å². The van der Waals surface area contributed by atoms with Crippen LogP contribution in [-0.4, -0.2) is 4.98 Å². The molecular formula is C13H16N3O+. The molecule has 2 aromatic rings. The third-order valence-corrected chi connectivity index (χ3v) is 2.61. The molecule has 1 aromatic heterocycles. The van der Waals surface area contributed by atoms with Crippen LogP contribution in [0.25, 0.3) is 0 Å². The second kappa shape index (κ2) is 4.82. The first-order chi connectivity index (χ1) is 8.16. The van der Waals surface area contributed by atoms with Crippen LogP contribution in [0.15, 0.2) is 36.5 Å². The Labute approximate surface area is 101 Å². The topological polar surface area (TPSA) is 52.0 Å². The largest absolute Gasteiger partial charge is 0.489 e. The number of rotatable bonds is 3. The summed E-state index contributed by atoms with van der Waals surface area (Å²) in [6.07, 6.45) is 1.95. The summed E-state index contributed by atoms with van der Waals surface area (Å²) >= 11 is 0. The van der Waals surface area contributed by atoms with Crippen LogP contribution < -0.4 is 15.0 Å². The molecule has 88 valence electrons. The molecule has 0 aliphatic carbocycles.